The average Bonchev–Trinajstić information content (AvgIpc) is 2.50. The lowest BCUT2D eigenvalue weighted by Crippen LogP contribution is -2.22. The van der Waals surface area contributed by atoms with E-state index in [0.29, 0.717) is 5.56 Å². The molecule has 112 valence electrons. The van der Waals surface area contributed by atoms with Crippen LogP contribution in [0.2, 0.25) is 0 Å². The number of hydrogen-bond donors (Lipinski definition) is 2. The van der Waals surface area contributed by atoms with Gasteiger partial charge in [-0.05, 0) is 36.6 Å². The number of unbranched alkanes of at least 4 members (excludes halogenated alkanes) is 1. The number of nitrogens with one attached hydrogen (secondary N) is 2. The minimum atomic E-state index is -0.0323. The predicted octanol–water partition coefficient (Wildman–Crippen LogP) is 3.35. The second kappa shape index (κ2) is 9.54. The molecule has 0 aliphatic heterocycles. The molecule has 0 aromatic heterocycles. The monoisotopic (exact) mass is 276 g/mol. The number of hydrogen-bond acceptors (Lipinski definition) is 2. The quantitative estimate of drug-likeness (QED) is 0.726. The van der Waals surface area contributed by atoms with Crippen LogP contribution < -0.4 is 10.6 Å². The van der Waals surface area contributed by atoms with Crippen LogP contribution in [0, 0.1) is 5.92 Å². The molecule has 0 bridgehead atoms. The molecule has 2 N–H and O–H groups in total. The molecule has 1 aromatic carbocycles. The number of rotatable bonds is 9. The van der Waals surface area contributed by atoms with E-state index in [4.69, 9.17) is 0 Å². The lowest BCUT2D eigenvalue weighted by atomic mass is 9.99. The zero-order chi connectivity index (χ0) is 14.8. The van der Waals surface area contributed by atoms with Crippen molar-refractivity contribution in [2.75, 3.05) is 13.6 Å². The maximum atomic E-state index is 11.4. The third kappa shape index (κ3) is 5.74. The molecule has 1 unspecified atom stereocenters. The van der Waals surface area contributed by atoms with E-state index >= 15 is 0 Å². The number of carbonyl (C=O) groups is 1. The summed E-state index contributed by atoms with van der Waals surface area (Å²) in [6.07, 6.45) is 5.15. The Morgan fingerprint density at radius 3 is 2.45 bits per heavy atom. The minimum Gasteiger partial charge on any atom is -0.355 e. The molecule has 0 radical (unpaired) electrons. The average molecular weight is 276 g/mol. The molecule has 0 spiro atoms. The highest BCUT2D eigenvalue weighted by molar-refractivity contribution is 5.93. The summed E-state index contributed by atoms with van der Waals surface area (Å²) in [7, 11) is 1.65. The first-order valence-electron chi connectivity index (χ1n) is 7.73. The van der Waals surface area contributed by atoms with Gasteiger partial charge < -0.3 is 10.6 Å². The molecule has 0 saturated carbocycles. The van der Waals surface area contributed by atoms with Gasteiger partial charge in [0.05, 0.1) is 0 Å². The first-order valence-corrected chi connectivity index (χ1v) is 7.73. The lowest BCUT2D eigenvalue weighted by molar-refractivity contribution is 0.0963. The van der Waals surface area contributed by atoms with Gasteiger partial charge in [0, 0.05) is 19.2 Å². The molecule has 1 amide bonds. The molecule has 0 aliphatic rings. The van der Waals surface area contributed by atoms with Gasteiger partial charge in [-0.1, -0.05) is 45.2 Å². The van der Waals surface area contributed by atoms with Crippen molar-refractivity contribution >= 4 is 5.91 Å². The fourth-order valence-corrected chi connectivity index (χ4v) is 2.28. The van der Waals surface area contributed by atoms with Gasteiger partial charge >= 0.3 is 0 Å². The van der Waals surface area contributed by atoms with E-state index in [0.717, 1.165) is 19.0 Å². The Labute approximate surface area is 123 Å². The molecule has 1 atom stereocenters. The fraction of sp³-hybridized carbons (Fsp3) is 0.588. The lowest BCUT2D eigenvalue weighted by Gasteiger charge is -2.15. The third-order valence-electron chi connectivity index (χ3n) is 3.75. The zero-order valence-electron chi connectivity index (χ0n) is 13.0. The van der Waals surface area contributed by atoms with Crippen molar-refractivity contribution in [1.29, 1.82) is 0 Å². The van der Waals surface area contributed by atoms with E-state index in [-0.39, 0.29) is 5.91 Å². The van der Waals surface area contributed by atoms with Crippen LogP contribution in [-0.2, 0) is 6.54 Å². The molecular formula is C17H28N2O. The van der Waals surface area contributed by atoms with E-state index in [1.807, 2.05) is 24.3 Å². The number of amides is 1. The maximum Gasteiger partial charge on any atom is 0.251 e. The normalized spacial score (nSPS) is 12.2. The van der Waals surface area contributed by atoms with Gasteiger partial charge in [-0.15, -0.1) is 0 Å². The molecule has 20 heavy (non-hydrogen) atoms. The van der Waals surface area contributed by atoms with Crippen LogP contribution in [0.15, 0.2) is 24.3 Å². The molecule has 1 aromatic rings. The zero-order valence-corrected chi connectivity index (χ0v) is 13.0. The van der Waals surface area contributed by atoms with Crippen LogP contribution >= 0.6 is 0 Å². The molecule has 0 heterocycles. The number of benzene rings is 1. The maximum absolute atomic E-state index is 11.4. The predicted molar refractivity (Wildman–Crippen MR) is 84.8 cm³/mol. The Kier molecular flexibility index (Phi) is 7.97. The van der Waals surface area contributed by atoms with Gasteiger partial charge in [0.15, 0.2) is 0 Å². The van der Waals surface area contributed by atoms with E-state index in [1.54, 1.807) is 7.05 Å². The SMILES string of the molecule is CCCCC(CC)CNCc1ccc(C(=O)NC)cc1. The second-order valence-electron chi connectivity index (χ2n) is 5.32. The molecule has 0 fully saturated rings. The minimum absolute atomic E-state index is 0.0323. The van der Waals surface area contributed by atoms with Crippen LogP contribution in [0.25, 0.3) is 0 Å². The van der Waals surface area contributed by atoms with Gasteiger partial charge in [-0.2, -0.15) is 0 Å². The Hall–Kier alpha value is -1.35. The van der Waals surface area contributed by atoms with Crippen molar-refractivity contribution in [3.8, 4) is 0 Å². The van der Waals surface area contributed by atoms with Crippen molar-refractivity contribution in [3.05, 3.63) is 35.4 Å². The third-order valence-corrected chi connectivity index (χ3v) is 3.75. The van der Waals surface area contributed by atoms with Gasteiger partial charge in [-0.25, -0.2) is 0 Å². The van der Waals surface area contributed by atoms with Crippen LogP contribution in [0.5, 0.6) is 0 Å². The van der Waals surface area contributed by atoms with Gasteiger partial charge in [0.25, 0.3) is 5.91 Å². The van der Waals surface area contributed by atoms with Gasteiger partial charge in [-0.3, -0.25) is 4.79 Å². The summed E-state index contributed by atoms with van der Waals surface area (Å²) in [5, 5.41) is 6.16. The van der Waals surface area contributed by atoms with Gasteiger partial charge in [0.1, 0.15) is 0 Å². The molecule has 3 nitrogen and oxygen atoms in total. The van der Waals surface area contributed by atoms with Crippen molar-refractivity contribution in [2.45, 2.75) is 46.1 Å². The summed E-state index contributed by atoms with van der Waals surface area (Å²) in [6.45, 7) is 6.46. The van der Waals surface area contributed by atoms with E-state index < -0.39 is 0 Å². The molecule has 0 aliphatic carbocycles. The standard InChI is InChI=1S/C17H28N2O/c1-4-6-7-14(5-2)12-19-13-15-8-10-16(11-9-15)17(20)18-3/h8-11,14,19H,4-7,12-13H2,1-3H3,(H,18,20). The molecule has 1 rings (SSSR count). The van der Waals surface area contributed by atoms with Crippen molar-refractivity contribution in [2.24, 2.45) is 5.92 Å². The van der Waals surface area contributed by atoms with Crippen LogP contribution in [0.1, 0.15) is 55.5 Å². The van der Waals surface area contributed by atoms with Crippen molar-refractivity contribution in [1.82, 2.24) is 10.6 Å². The van der Waals surface area contributed by atoms with Crippen LogP contribution in [0.4, 0.5) is 0 Å². The highest BCUT2D eigenvalue weighted by atomic mass is 16.1. The Morgan fingerprint density at radius 2 is 1.90 bits per heavy atom. The summed E-state index contributed by atoms with van der Waals surface area (Å²) in [5.41, 5.74) is 1.94. The van der Waals surface area contributed by atoms with E-state index in [1.165, 1.54) is 31.2 Å². The highest BCUT2D eigenvalue weighted by Gasteiger charge is 2.06. The second-order valence-corrected chi connectivity index (χ2v) is 5.32. The van der Waals surface area contributed by atoms with Crippen molar-refractivity contribution in [3.63, 3.8) is 0 Å². The summed E-state index contributed by atoms with van der Waals surface area (Å²) in [5.74, 6) is 0.746. The van der Waals surface area contributed by atoms with Gasteiger partial charge in [0.2, 0.25) is 0 Å². The largest absolute Gasteiger partial charge is 0.355 e. The molecule has 0 saturated heterocycles. The van der Waals surface area contributed by atoms with Crippen molar-refractivity contribution < 1.29 is 4.79 Å². The van der Waals surface area contributed by atoms with Crippen LogP contribution in [0.3, 0.4) is 0 Å². The summed E-state index contributed by atoms with van der Waals surface area (Å²) >= 11 is 0. The highest BCUT2D eigenvalue weighted by Crippen LogP contribution is 2.11. The molecule has 3 heteroatoms. The fourth-order valence-electron chi connectivity index (χ4n) is 2.28. The summed E-state index contributed by atoms with van der Waals surface area (Å²) in [6, 6.07) is 7.80. The Bertz CT molecular complexity index is 386. The van der Waals surface area contributed by atoms with E-state index in [2.05, 4.69) is 24.5 Å². The summed E-state index contributed by atoms with van der Waals surface area (Å²) < 4.78 is 0. The van der Waals surface area contributed by atoms with E-state index in [9.17, 15) is 4.79 Å². The smallest absolute Gasteiger partial charge is 0.251 e. The molecular weight excluding hydrogens is 248 g/mol. The topological polar surface area (TPSA) is 41.1 Å². The Morgan fingerprint density at radius 1 is 1.20 bits per heavy atom. The number of carbonyl (C=O) groups excluding carboxylic acids is 1. The van der Waals surface area contributed by atoms with Crippen LogP contribution in [-0.4, -0.2) is 19.5 Å². The first-order chi connectivity index (χ1) is 9.71. The summed E-state index contributed by atoms with van der Waals surface area (Å²) in [4.78, 5) is 11.4. The first kappa shape index (κ1) is 16.7. The Balaban J connectivity index is 2.36.